The van der Waals surface area contributed by atoms with Crippen molar-refractivity contribution in [1.29, 1.82) is 0 Å². The first-order valence-corrected chi connectivity index (χ1v) is 5.99. The molecule has 0 unspecified atom stereocenters. The van der Waals surface area contributed by atoms with Gasteiger partial charge in [-0.25, -0.2) is 0 Å². The molecule has 19 heavy (non-hydrogen) atoms. The van der Waals surface area contributed by atoms with E-state index in [2.05, 4.69) is 0 Å². The van der Waals surface area contributed by atoms with E-state index in [0.29, 0.717) is 16.5 Å². The fraction of sp³-hybridized carbons (Fsp3) is 0.214. The maximum absolute atomic E-state index is 12.2. The summed E-state index contributed by atoms with van der Waals surface area (Å²) in [5, 5.41) is 0.701. The zero-order chi connectivity index (χ0) is 13.4. The van der Waals surface area contributed by atoms with Crippen LogP contribution in [0, 0.1) is 0 Å². The zero-order valence-electron chi connectivity index (χ0n) is 10.1. The van der Waals surface area contributed by atoms with Crippen LogP contribution in [0.5, 0.6) is 0 Å². The van der Waals surface area contributed by atoms with Crippen molar-refractivity contribution in [3.8, 4) is 0 Å². The van der Waals surface area contributed by atoms with Gasteiger partial charge in [-0.1, -0.05) is 18.2 Å². The molecule has 1 saturated heterocycles. The summed E-state index contributed by atoms with van der Waals surface area (Å²) in [5.74, 6) is -0.856. The molecule has 2 amide bonds. The third-order valence-corrected chi connectivity index (χ3v) is 3.24. The smallest absolute Gasteiger partial charge is 0.230 e. The predicted molar refractivity (Wildman–Crippen MR) is 66.5 cm³/mol. The first-order valence-electron chi connectivity index (χ1n) is 5.99. The lowest BCUT2D eigenvalue weighted by Crippen LogP contribution is -2.34. The first-order chi connectivity index (χ1) is 9.16. The summed E-state index contributed by atoms with van der Waals surface area (Å²) < 4.78 is 5.28. The number of hydrogen-bond donors (Lipinski definition) is 0. The Balaban J connectivity index is 1.88. The van der Waals surface area contributed by atoms with Gasteiger partial charge in [0.1, 0.15) is 11.8 Å². The van der Waals surface area contributed by atoms with Gasteiger partial charge in [-0.3, -0.25) is 19.3 Å². The number of rotatable bonds is 3. The normalized spacial score (nSPS) is 15.5. The lowest BCUT2D eigenvalue weighted by Gasteiger charge is -2.11. The van der Waals surface area contributed by atoms with Gasteiger partial charge in [0.15, 0.2) is 5.78 Å². The van der Waals surface area contributed by atoms with E-state index >= 15 is 0 Å². The molecular formula is C14H11NO4. The average molecular weight is 257 g/mol. The fourth-order valence-electron chi connectivity index (χ4n) is 2.22. The number of Topliss-reactive ketones (excluding diaryl/α,β-unsaturated/α-hetero) is 1. The van der Waals surface area contributed by atoms with Crippen LogP contribution in [-0.4, -0.2) is 29.0 Å². The average Bonchev–Trinajstić information content (AvgIpc) is 2.97. The molecule has 1 fully saturated rings. The highest BCUT2D eigenvalue weighted by molar-refractivity contribution is 6.12. The molecule has 0 bridgehead atoms. The first kappa shape index (κ1) is 11.6. The summed E-state index contributed by atoms with van der Waals surface area (Å²) in [7, 11) is 0. The largest absolute Gasteiger partial charge is 0.464 e. The van der Waals surface area contributed by atoms with Crippen LogP contribution in [0.25, 0.3) is 11.0 Å². The van der Waals surface area contributed by atoms with E-state index in [1.165, 1.54) is 6.26 Å². The number of carbonyl (C=O) groups is 3. The molecule has 0 atom stereocenters. The number of para-hydroxylation sites is 1. The van der Waals surface area contributed by atoms with Crippen molar-refractivity contribution in [2.75, 3.05) is 6.54 Å². The Bertz CT molecular complexity index is 670. The molecule has 5 nitrogen and oxygen atoms in total. The minimum absolute atomic E-state index is 0.193. The number of likely N-dealkylation sites (tertiary alicyclic amines) is 1. The number of hydrogen-bond acceptors (Lipinski definition) is 4. The number of nitrogens with zero attached hydrogens (tertiary/aromatic N) is 1. The van der Waals surface area contributed by atoms with Crippen LogP contribution in [0.1, 0.15) is 23.2 Å². The Morgan fingerprint density at radius 3 is 2.58 bits per heavy atom. The van der Waals surface area contributed by atoms with E-state index in [9.17, 15) is 14.4 Å². The summed E-state index contributed by atoms with van der Waals surface area (Å²) in [6.07, 6.45) is 1.76. The molecule has 3 rings (SSSR count). The van der Waals surface area contributed by atoms with Crippen LogP contribution in [0.2, 0.25) is 0 Å². The van der Waals surface area contributed by atoms with E-state index in [1.54, 1.807) is 18.2 Å². The Labute approximate surface area is 108 Å². The van der Waals surface area contributed by atoms with E-state index in [1.807, 2.05) is 6.07 Å². The third kappa shape index (κ3) is 1.93. The second-order valence-corrected chi connectivity index (χ2v) is 4.44. The molecule has 96 valence electrons. The number of imide groups is 1. The van der Waals surface area contributed by atoms with Crippen LogP contribution in [0.4, 0.5) is 0 Å². The van der Waals surface area contributed by atoms with Crippen molar-refractivity contribution in [3.63, 3.8) is 0 Å². The van der Waals surface area contributed by atoms with E-state index in [0.717, 1.165) is 4.90 Å². The van der Waals surface area contributed by atoms with Gasteiger partial charge in [-0.05, 0) is 6.07 Å². The highest BCUT2D eigenvalue weighted by Crippen LogP contribution is 2.22. The molecule has 2 heterocycles. The molecule has 5 heteroatoms. The lowest BCUT2D eigenvalue weighted by atomic mass is 10.1. The molecule has 1 aromatic carbocycles. The summed E-state index contributed by atoms with van der Waals surface area (Å²) in [6.45, 7) is -0.207. The minimum Gasteiger partial charge on any atom is -0.464 e. The Morgan fingerprint density at radius 1 is 1.16 bits per heavy atom. The van der Waals surface area contributed by atoms with Gasteiger partial charge in [-0.2, -0.15) is 0 Å². The van der Waals surface area contributed by atoms with Gasteiger partial charge in [0.2, 0.25) is 11.8 Å². The fourth-order valence-corrected chi connectivity index (χ4v) is 2.22. The van der Waals surface area contributed by atoms with Gasteiger partial charge in [0, 0.05) is 18.2 Å². The molecule has 0 radical (unpaired) electrons. The van der Waals surface area contributed by atoms with E-state index in [-0.39, 0.29) is 37.0 Å². The monoisotopic (exact) mass is 257 g/mol. The summed E-state index contributed by atoms with van der Waals surface area (Å²) in [6, 6.07) is 7.16. The molecule has 1 aliphatic rings. The SMILES string of the molecule is O=C(CN1C(=O)CCC1=O)c1coc2ccccc12. The molecular weight excluding hydrogens is 246 g/mol. The van der Waals surface area contributed by atoms with Gasteiger partial charge in [0.05, 0.1) is 12.1 Å². The molecule has 0 N–H and O–H groups in total. The summed E-state index contributed by atoms with van der Waals surface area (Å²) in [4.78, 5) is 36.1. The minimum atomic E-state index is -0.286. The lowest BCUT2D eigenvalue weighted by molar-refractivity contribution is -0.137. The predicted octanol–water partition coefficient (Wildman–Crippen LogP) is 1.76. The summed E-state index contributed by atoms with van der Waals surface area (Å²) in [5.41, 5.74) is 1.02. The van der Waals surface area contributed by atoms with Crippen LogP contribution in [0.3, 0.4) is 0 Å². The molecule has 1 aliphatic heterocycles. The second kappa shape index (κ2) is 4.35. The van der Waals surface area contributed by atoms with Crippen LogP contribution < -0.4 is 0 Å². The van der Waals surface area contributed by atoms with Gasteiger partial charge < -0.3 is 4.42 Å². The van der Waals surface area contributed by atoms with Crippen LogP contribution >= 0.6 is 0 Å². The van der Waals surface area contributed by atoms with Gasteiger partial charge >= 0.3 is 0 Å². The van der Waals surface area contributed by atoms with Crippen LogP contribution in [0.15, 0.2) is 34.9 Å². The van der Waals surface area contributed by atoms with Crippen molar-refractivity contribution in [2.45, 2.75) is 12.8 Å². The van der Waals surface area contributed by atoms with E-state index < -0.39 is 0 Å². The quantitative estimate of drug-likeness (QED) is 0.620. The maximum atomic E-state index is 12.2. The number of fused-ring (bicyclic) bond motifs is 1. The number of ketones is 1. The topological polar surface area (TPSA) is 67.6 Å². The molecule has 0 spiro atoms. The number of furan rings is 1. The standard InChI is InChI=1S/C14H11NO4/c16-11(7-15-13(17)5-6-14(15)18)10-8-19-12-4-2-1-3-9(10)12/h1-4,8H,5-7H2. The third-order valence-electron chi connectivity index (χ3n) is 3.24. The van der Waals surface area contributed by atoms with Gasteiger partial charge in [-0.15, -0.1) is 0 Å². The van der Waals surface area contributed by atoms with E-state index in [4.69, 9.17) is 4.42 Å². The Hall–Kier alpha value is -2.43. The van der Waals surface area contributed by atoms with Crippen molar-refractivity contribution in [1.82, 2.24) is 4.90 Å². The number of benzene rings is 1. The van der Waals surface area contributed by atoms with Crippen LogP contribution in [-0.2, 0) is 9.59 Å². The molecule has 1 aromatic heterocycles. The zero-order valence-corrected chi connectivity index (χ0v) is 10.1. The van der Waals surface area contributed by atoms with Crippen molar-refractivity contribution in [2.24, 2.45) is 0 Å². The van der Waals surface area contributed by atoms with Crippen molar-refractivity contribution < 1.29 is 18.8 Å². The second-order valence-electron chi connectivity index (χ2n) is 4.44. The number of carbonyl (C=O) groups excluding carboxylic acids is 3. The maximum Gasteiger partial charge on any atom is 0.230 e. The highest BCUT2D eigenvalue weighted by atomic mass is 16.3. The van der Waals surface area contributed by atoms with Gasteiger partial charge in [0.25, 0.3) is 0 Å². The molecule has 0 aliphatic carbocycles. The molecule has 2 aromatic rings. The van der Waals surface area contributed by atoms with Crippen molar-refractivity contribution >= 4 is 28.6 Å². The van der Waals surface area contributed by atoms with Crippen molar-refractivity contribution in [3.05, 3.63) is 36.1 Å². The highest BCUT2D eigenvalue weighted by Gasteiger charge is 2.31. The Morgan fingerprint density at radius 2 is 1.84 bits per heavy atom. The molecule has 0 saturated carbocycles. The number of amides is 2. The summed E-state index contributed by atoms with van der Waals surface area (Å²) >= 11 is 0. The Kier molecular flexibility index (Phi) is 2.67.